The van der Waals surface area contributed by atoms with Crippen molar-refractivity contribution in [3.8, 4) is 0 Å². The van der Waals surface area contributed by atoms with Crippen LogP contribution in [0.1, 0.15) is 73.1 Å². The van der Waals surface area contributed by atoms with E-state index in [1.165, 1.54) is 5.56 Å². The van der Waals surface area contributed by atoms with E-state index in [0.29, 0.717) is 18.4 Å². The van der Waals surface area contributed by atoms with Gasteiger partial charge >= 0.3 is 0 Å². The first-order chi connectivity index (χ1) is 15.1. The molecule has 4 rings (SSSR count). The number of hydrogen-bond acceptors (Lipinski definition) is 5. The third-order valence-electron chi connectivity index (χ3n) is 6.55. The lowest BCUT2D eigenvalue weighted by Crippen LogP contribution is -2.37. The van der Waals surface area contributed by atoms with Crippen molar-refractivity contribution < 1.29 is 9.53 Å². The topological polar surface area (TPSA) is 76.1 Å². The van der Waals surface area contributed by atoms with Gasteiger partial charge in [-0.1, -0.05) is 29.8 Å². The van der Waals surface area contributed by atoms with Gasteiger partial charge in [-0.15, -0.1) is 0 Å². The molecule has 2 aliphatic carbocycles. The van der Waals surface area contributed by atoms with Gasteiger partial charge in [0.25, 0.3) is 0 Å². The van der Waals surface area contributed by atoms with E-state index in [-0.39, 0.29) is 17.9 Å². The van der Waals surface area contributed by atoms with Crippen molar-refractivity contribution in [2.75, 3.05) is 19.5 Å². The molecule has 0 bridgehead atoms. The summed E-state index contributed by atoms with van der Waals surface area (Å²) >= 11 is 0. The second kappa shape index (κ2) is 9.77. The number of aromatic nitrogens is 2. The van der Waals surface area contributed by atoms with E-state index in [2.05, 4.69) is 46.8 Å². The number of ether oxygens (including phenoxy) is 1. The summed E-state index contributed by atoms with van der Waals surface area (Å²) < 4.78 is 5.47. The fourth-order valence-electron chi connectivity index (χ4n) is 4.47. The van der Waals surface area contributed by atoms with Crippen LogP contribution in [-0.4, -0.2) is 36.1 Å². The van der Waals surface area contributed by atoms with Gasteiger partial charge in [0.05, 0.1) is 12.1 Å². The van der Waals surface area contributed by atoms with Crippen molar-refractivity contribution in [1.82, 2.24) is 15.3 Å². The molecule has 166 valence electrons. The van der Waals surface area contributed by atoms with Crippen LogP contribution < -0.4 is 10.6 Å². The first-order valence-corrected chi connectivity index (χ1v) is 11.5. The second-order valence-corrected chi connectivity index (χ2v) is 9.02. The van der Waals surface area contributed by atoms with E-state index in [4.69, 9.17) is 9.72 Å². The molecule has 1 atom stereocenters. The first kappa shape index (κ1) is 21.8. The van der Waals surface area contributed by atoms with Crippen LogP contribution >= 0.6 is 0 Å². The largest absolute Gasteiger partial charge is 0.381 e. The van der Waals surface area contributed by atoms with Gasteiger partial charge in [0.15, 0.2) is 0 Å². The summed E-state index contributed by atoms with van der Waals surface area (Å²) in [5, 5.41) is 6.52. The number of aryl methyl sites for hydroxylation is 1. The van der Waals surface area contributed by atoms with Crippen LogP contribution in [0, 0.1) is 12.8 Å². The Bertz CT molecular complexity index is 904. The quantitative estimate of drug-likeness (QED) is 0.663. The molecule has 6 nitrogen and oxygen atoms in total. The molecule has 1 heterocycles. The van der Waals surface area contributed by atoms with Gasteiger partial charge < -0.3 is 15.4 Å². The van der Waals surface area contributed by atoms with Gasteiger partial charge in [-0.25, -0.2) is 9.97 Å². The number of anilines is 1. The summed E-state index contributed by atoms with van der Waals surface area (Å²) in [6, 6.07) is 10.3. The van der Waals surface area contributed by atoms with Crippen molar-refractivity contribution in [3.05, 3.63) is 53.0 Å². The lowest BCUT2D eigenvalue weighted by atomic mass is 9.86. The summed E-state index contributed by atoms with van der Waals surface area (Å²) in [5.41, 5.74) is 3.28. The fourth-order valence-corrected chi connectivity index (χ4v) is 4.47. The monoisotopic (exact) mass is 422 g/mol. The highest BCUT2D eigenvalue weighted by atomic mass is 16.5. The van der Waals surface area contributed by atoms with E-state index >= 15 is 0 Å². The number of amides is 1. The first-order valence-electron chi connectivity index (χ1n) is 11.5. The van der Waals surface area contributed by atoms with E-state index < -0.39 is 0 Å². The Morgan fingerprint density at radius 3 is 2.55 bits per heavy atom. The zero-order valence-corrected chi connectivity index (χ0v) is 18.9. The zero-order valence-electron chi connectivity index (χ0n) is 18.9. The molecule has 31 heavy (non-hydrogen) atoms. The number of nitrogens with zero attached hydrogens (tertiary/aromatic N) is 2. The van der Waals surface area contributed by atoms with Crippen LogP contribution in [0.2, 0.25) is 0 Å². The number of carbonyl (C=O) groups is 1. The molecular formula is C25H34N4O2. The Morgan fingerprint density at radius 2 is 1.90 bits per heavy atom. The SMILES string of the molecule is CNc1cc(C[C@H](NC(=O)C2CCC(OC)CC2)c2cccc(C)c2)nc(C2CC2)n1. The van der Waals surface area contributed by atoms with Crippen molar-refractivity contribution in [2.24, 2.45) is 5.92 Å². The van der Waals surface area contributed by atoms with Crippen molar-refractivity contribution >= 4 is 11.7 Å². The van der Waals surface area contributed by atoms with Crippen LogP contribution in [0.25, 0.3) is 0 Å². The number of rotatable bonds is 8. The van der Waals surface area contributed by atoms with Crippen molar-refractivity contribution in [3.63, 3.8) is 0 Å². The average molecular weight is 423 g/mol. The summed E-state index contributed by atoms with van der Waals surface area (Å²) in [5.74, 6) is 2.45. The lowest BCUT2D eigenvalue weighted by molar-refractivity contribution is -0.127. The summed E-state index contributed by atoms with van der Waals surface area (Å²) in [6.45, 7) is 2.09. The maximum Gasteiger partial charge on any atom is 0.223 e. The lowest BCUT2D eigenvalue weighted by Gasteiger charge is -2.29. The van der Waals surface area contributed by atoms with Crippen LogP contribution in [0.15, 0.2) is 30.3 Å². The highest BCUT2D eigenvalue weighted by molar-refractivity contribution is 5.79. The smallest absolute Gasteiger partial charge is 0.223 e. The Morgan fingerprint density at radius 1 is 1.13 bits per heavy atom. The minimum Gasteiger partial charge on any atom is -0.381 e. The molecule has 2 fully saturated rings. The average Bonchev–Trinajstić information content (AvgIpc) is 3.64. The Hall–Kier alpha value is -2.47. The molecule has 0 saturated heterocycles. The van der Waals surface area contributed by atoms with E-state index in [9.17, 15) is 4.79 Å². The molecule has 0 radical (unpaired) electrons. The normalized spacial score (nSPS) is 22.0. The van der Waals surface area contributed by atoms with Gasteiger partial charge in [-0.05, 0) is 51.0 Å². The third kappa shape index (κ3) is 5.62. The molecule has 1 amide bonds. The maximum atomic E-state index is 13.2. The third-order valence-corrected chi connectivity index (χ3v) is 6.55. The fraction of sp³-hybridized carbons (Fsp3) is 0.560. The zero-order chi connectivity index (χ0) is 21.8. The van der Waals surface area contributed by atoms with Gasteiger partial charge in [-0.2, -0.15) is 0 Å². The van der Waals surface area contributed by atoms with E-state index in [1.807, 2.05) is 13.1 Å². The van der Waals surface area contributed by atoms with Crippen molar-refractivity contribution in [2.45, 2.75) is 69.9 Å². The molecule has 1 aromatic heterocycles. The molecule has 0 unspecified atom stereocenters. The molecule has 0 aliphatic heterocycles. The van der Waals surface area contributed by atoms with Gasteiger partial charge in [0, 0.05) is 44.2 Å². The number of benzene rings is 1. The highest BCUT2D eigenvalue weighted by Crippen LogP contribution is 2.38. The summed E-state index contributed by atoms with van der Waals surface area (Å²) in [6.07, 6.45) is 6.93. The summed E-state index contributed by atoms with van der Waals surface area (Å²) in [7, 11) is 3.65. The second-order valence-electron chi connectivity index (χ2n) is 9.02. The molecule has 1 aromatic carbocycles. The molecule has 2 N–H and O–H groups in total. The Balaban J connectivity index is 1.54. The molecule has 2 saturated carbocycles. The Kier molecular flexibility index (Phi) is 6.86. The molecule has 2 aromatic rings. The van der Waals surface area contributed by atoms with Crippen LogP contribution in [0.5, 0.6) is 0 Å². The number of methoxy groups -OCH3 is 1. The Labute approximate surface area is 185 Å². The van der Waals surface area contributed by atoms with Gasteiger partial charge in [0.1, 0.15) is 11.6 Å². The minimum absolute atomic E-state index is 0.0546. The number of nitrogens with one attached hydrogen (secondary N) is 2. The molecule has 2 aliphatic rings. The molecule has 0 spiro atoms. The van der Waals surface area contributed by atoms with E-state index in [1.54, 1.807) is 7.11 Å². The van der Waals surface area contributed by atoms with E-state index in [0.717, 1.165) is 61.4 Å². The van der Waals surface area contributed by atoms with Gasteiger partial charge in [0.2, 0.25) is 5.91 Å². The predicted molar refractivity (Wildman–Crippen MR) is 122 cm³/mol. The highest BCUT2D eigenvalue weighted by Gasteiger charge is 2.30. The maximum absolute atomic E-state index is 13.2. The van der Waals surface area contributed by atoms with Crippen molar-refractivity contribution in [1.29, 1.82) is 0 Å². The van der Waals surface area contributed by atoms with Crippen LogP contribution in [-0.2, 0) is 16.0 Å². The standard InChI is InChI=1S/C25H34N4O2/c1-16-5-4-6-19(13-16)22(28-25(30)18-9-11-21(31-3)12-10-18)14-20-15-23(26-2)29-24(27-20)17-7-8-17/h4-6,13,15,17-18,21-22H,7-12,14H2,1-3H3,(H,28,30)(H,26,27,29)/t18?,21?,22-/m0/s1. The minimum atomic E-state index is -0.112. The van der Waals surface area contributed by atoms with Crippen LogP contribution in [0.4, 0.5) is 5.82 Å². The number of hydrogen-bond donors (Lipinski definition) is 2. The summed E-state index contributed by atoms with van der Waals surface area (Å²) in [4.78, 5) is 22.7. The molecule has 6 heteroatoms. The van der Waals surface area contributed by atoms with Gasteiger partial charge in [-0.3, -0.25) is 4.79 Å². The van der Waals surface area contributed by atoms with Crippen LogP contribution in [0.3, 0.4) is 0 Å². The predicted octanol–water partition coefficient (Wildman–Crippen LogP) is 4.31. The molecular weight excluding hydrogens is 388 g/mol. The number of carbonyl (C=O) groups excluding carboxylic acids is 1.